The van der Waals surface area contributed by atoms with Gasteiger partial charge in [0.15, 0.2) is 0 Å². The summed E-state index contributed by atoms with van der Waals surface area (Å²) in [5, 5.41) is 1.25. The van der Waals surface area contributed by atoms with Crippen molar-refractivity contribution in [2.45, 2.75) is 77.6 Å². The van der Waals surface area contributed by atoms with Gasteiger partial charge in [-0.2, -0.15) is 0 Å². The van der Waals surface area contributed by atoms with Gasteiger partial charge in [-0.15, -0.1) is 0 Å². The molecule has 0 unspecified atom stereocenters. The Kier molecular flexibility index (Phi) is 6.96. The van der Waals surface area contributed by atoms with Gasteiger partial charge in [-0.1, -0.05) is 74.2 Å². The molecule has 0 radical (unpaired) electrons. The van der Waals surface area contributed by atoms with Gasteiger partial charge in [0.1, 0.15) is 0 Å². The Morgan fingerprint density at radius 2 is 1.40 bits per heavy atom. The highest BCUT2D eigenvalue weighted by molar-refractivity contribution is 9.09. The third kappa shape index (κ3) is 5.94. The van der Waals surface area contributed by atoms with Crippen molar-refractivity contribution in [3.05, 3.63) is 0 Å². The van der Waals surface area contributed by atoms with E-state index in [4.69, 9.17) is 0 Å². The fraction of sp³-hybridized carbons (Fsp3) is 1.00. The van der Waals surface area contributed by atoms with E-state index >= 15 is 0 Å². The van der Waals surface area contributed by atoms with Crippen LogP contribution in [0.15, 0.2) is 0 Å². The van der Waals surface area contributed by atoms with E-state index in [0.717, 1.165) is 5.41 Å². The fourth-order valence-electron chi connectivity index (χ4n) is 2.26. The summed E-state index contributed by atoms with van der Waals surface area (Å²) < 4.78 is 0. The molecule has 1 aliphatic rings. The minimum atomic E-state index is 0.752. The summed E-state index contributed by atoms with van der Waals surface area (Å²) in [6.45, 7) is 2.29. The molecule has 0 atom stereocenters. The Morgan fingerprint density at radius 1 is 0.867 bits per heavy atom. The molecule has 0 saturated heterocycles. The molecular formula is C14H27Br. The third-order valence-corrected chi connectivity index (χ3v) is 4.99. The molecule has 0 heterocycles. The molecule has 0 aromatic heterocycles. The maximum Gasteiger partial charge on any atom is 0.00879 e. The second-order valence-corrected chi connectivity index (χ2v) is 5.92. The molecule has 0 aromatic rings. The average molecular weight is 275 g/mol. The summed E-state index contributed by atoms with van der Waals surface area (Å²) in [4.78, 5) is 0. The van der Waals surface area contributed by atoms with Crippen molar-refractivity contribution in [1.29, 1.82) is 0 Å². The van der Waals surface area contributed by atoms with Crippen molar-refractivity contribution in [2.24, 2.45) is 5.41 Å². The molecule has 1 fully saturated rings. The van der Waals surface area contributed by atoms with Crippen LogP contribution in [0.2, 0.25) is 0 Å². The highest BCUT2D eigenvalue weighted by atomic mass is 79.9. The van der Waals surface area contributed by atoms with E-state index in [2.05, 4.69) is 22.9 Å². The van der Waals surface area contributed by atoms with Crippen LogP contribution in [-0.2, 0) is 0 Å². The van der Waals surface area contributed by atoms with E-state index in [1.54, 1.807) is 0 Å². The molecule has 0 bridgehead atoms. The summed E-state index contributed by atoms with van der Waals surface area (Å²) in [6, 6.07) is 0. The number of unbranched alkanes of at least 4 members (excludes halogenated alkanes) is 7. The molecule has 0 aromatic carbocycles. The Balaban J connectivity index is 1.77. The Morgan fingerprint density at radius 3 is 1.87 bits per heavy atom. The quantitative estimate of drug-likeness (QED) is 0.355. The average Bonchev–Trinajstić information content (AvgIpc) is 3.03. The second-order valence-electron chi connectivity index (χ2n) is 5.36. The predicted octanol–water partition coefficient (Wildman–Crippen LogP) is 5.69. The first-order valence-corrected chi connectivity index (χ1v) is 8.01. The zero-order valence-corrected chi connectivity index (χ0v) is 11.9. The number of halogens is 1. The molecule has 15 heavy (non-hydrogen) atoms. The first-order chi connectivity index (χ1) is 7.33. The van der Waals surface area contributed by atoms with Crippen molar-refractivity contribution in [2.75, 3.05) is 5.33 Å². The van der Waals surface area contributed by atoms with Gasteiger partial charge in [-0.25, -0.2) is 0 Å². The topological polar surface area (TPSA) is 0 Å². The summed E-state index contributed by atoms with van der Waals surface area (Å²) in [5.74, 6) is 0. The van der Waals surface area contributed by atoms with E-state index in [1.807, 2.05) is 0 Å². The lowest BCUT2D eigenvalue weighted by Crippen LogP contribution is -2.00. The lowest BCUT2D eigenvalue weighted by molar-refractivity contribution is 0.475. The van der Waals surface area contributed by atoms with Crippen molar-refractivity contribution < 1.29 is 0 Å². The normalized spacial score (nSPS) is 18.0. The molecule has 1 aliphatic carbocycles. The van der Waals surface area contributed by atoms with Gasteiger partial charge in [-0.05, 0) is 24.7 Å². The lowest BCUT2D eigenvalue weighted by atomic mass is 9.99. The van der Waals surface area contributed by atoms with Crippen LogP contribution in [0.3, 0.4) is 0 Å². The van der Waals surface area contributed by atoms with E-state index in [1.165, 1.54) is 76.0 Å². The molecular weight excluding hydrogens is 248 g/mol. The molecule has 0 nitrogen and oxygen atoms in total. The van der Waals surface area contributed by atoms with Crippen LogP contribution in [0.5, 0.6) is 0 Å². The summed E-state index contributed by atoms with van der Waals surface area (Å²) >= 11 is 3.64. The molecule has 0 spiro atoms. The highest BCUT2D eigenvalue weighted by Crippen LogP contribution is 2.51. The fourth-order valence-corrected chi connectivity index (χ4v) is 3.10. The van der Waals surface area contributed by atoms with Crippen LogP contribution in [-0.4, -0.2) is 5.33 Å². The van der Waals surface area contributed by atoms with E-state index < -0.39 is 0 Å². The van der Waals surface area contributed by atoms with Crippen molar-refractivity contribution in [3.63, 3.8) is 0 Å². The van der Waals surface area contributed by atoms with Gasteiger partial charge in [0.25, 0.3) is 0 Å². The zero-order chi connectivity index (χ0) is 11.0. The monoisotopic (exact) mass is 274 g/mol. The van der Waals surface area contributed by atoms with Crippen LogP contribution in [0, 0.1) is 5.41 Å². The van der Waals surface area contributed by atoms with Crippen molar-refractivity contribution in [3.8, 4) is 0 Å². The van der Waals surface area contributed by atoms with Gasteiger partial charge < -0.3 is 0 Å². The van der Waals surface area contributed by atoms with E-state index in [0.29, 0.717) is 0 Å². The first kappa shape index (κ1) is 13.5. The summed E-state index contributed by atoms with van der Waals surface area (Å²) in [7, 11) is 0. The summed E-state index contributed by atoms with van der Waals surface area (Å²) in [6.07, 6.45) is 16.1. The van der Waals surface area contributed by atoms with Crippen molar-refractivity contribution in [1.82, 2.24) is 0 Å². The largest absolute Gasteiger partial charge is 0.0922 e. The van der Waals surface area contributed by atoms with Gasteiger partial charge >= 0.3 is 0 Å². The zero-order valence-electron chi connectivity index (χ0n) is 10.4. The molecule has 1 saturated carbocycles. The highest BCUT2D eigenvalue weighted by Gasteiger charge is 2.40. The number of rotatable bonds is 10. The van der Waals surface area contributed by atoms with E-state index in [-0.39, 0.29) is 0 Å². The van der Waals surface area contributed by atoms with E-state index in [9.17, 15) is 0 Å². The van der Waals surface area contributed by atoms with Gasteiger partial charge in [-0.3, -0.25) is 0 Å². The van der Waals surface area contributed by atoms with Gasteiger partial charge in [0.2, 0.25) is 0 Å². The maximum atomic E-state index is 3.64. The number of hydrogen-bond donors (Lipinski definition) is 0. The smallest absolute Gasteiger partial charge is 0.00879 e. The van der Waals surface area contributed by atoms with Crippen LogP contribution in [0.4, 0.5) is 0 Å². The first-order valence-electron chi connectivity index (χ1n) is 6.89. The molecule has 90 valence electrons. The number of alkyl halides is 1. The Hall–Kier alpha value is 0.480. The minimum Gasteiger partial charge on any atom is -0.0922 e. The Bertz CT molecular complexity index is 149. The van der Waals surface area contributed by atoms with Gasteiger partial charge in [0, 0.05) is 5.33 Å². The van der Waals surface area contributed by atoms with Gasteiger partial charge in [0.05, 0.1) is 0 Å². The molecule has 1 heteroatoms. The van der Waals surface area contributed by atoms with Crippen LogP contribution in [0.25, 0.3) is 0 Å². The van der Waals surface area contributed by atoms with Crippen LogP contribution >= 0.6 is 15.9 Å². The predicted molar refractivity (Wildman–Crippen MR) is 72.7 cm³/mol. The Labute approximate surface area is 104 Å². The third-order valence-electron chi connectivity index (χ3n) is 3.80. The van der Waals surface area contributed by atoms with Crippen molar-refractivity contribution >= 4 is 15.9 Å². The standard InChI is InChI=1S/C14H27Br/c1-2-3-4-5-6-7-8-9-10-14(13-15)11-12-14/h2-13H2,1H3. The molecule has 1 rings (SSSR count). The number of hydrogen-bond acceptors (Lipinski definition) is 0. The summed E-state index contributed by atoms with van der Waals surface area (Å²) in [5.41, 5.74) is 0.752. The molecule has 0 aliphatic heterocycles. The SMILES string of the molecule is CCCCCCCCCCC1(CBr)CC1. The minimum absolute atomic E-state index is 0.752. The van der Waals surface area contributed by atoms with Crippen LogP contribution in [0.1, 0.15) is 77.6 Å². The molecule has 0 N–H and O–H groups in total. The van der Waals surface area contributed by atoms with Crippen LogP contribution < -0.4 is 0 Å². The second kappa shape index (κ2) is 7.70. The lowest BCUT2D eigenvalue weighted by Gasteiger charge is -2.10. The maximum absolute atomic E-state index is 3.64. The molecule has 0 amide bonds.